The van der Waals surface area contributed by atoms with Crippen LogP contribution in [0.5, 0.6) is 0 Å². The molecule has 0 N–H and O–H groups in total. The molecule has 1 aromatic carbocycles. The zero-order valence-corrected chi connectivity index (χ0v) is 16.6. The Hall–Kier alpha value is -2.47. The second kappa shape index (κ2) is 7.51. The molecule has 2 saturated carbocycles. The molecule has 0 aliphatic heterocycles. The molecule has 0 saturated heterocycles. The molecule has 5 nitrogen and oxygen atoms in total. The first-order valence-corrected chi connectivity index (χ1v) is 11.1. The van der Waals surface area contributed by atoms with Crippen molar-refractivity contribution in [3.8, 4) is 16.3 Å². The van der Waals surface area contributed by atoms with Crippen LogP contribution in [0.15, 0.2) is 48.1 Å². The van der Waals surface area contributed by atoms with E-state index in [0.717, 1.165) is 41.9 Å². The van der Waals surface area contributed by atoms with Crippen LogP contribution in [-0.2, 0) is 0 Å². The van der Waals surface area contributed by atoms with Gasteiger partial charge in [0.15, 0.2) is 0 Å². The number of aromatic nitrogens is 3. The quantitative estimate of drug-likeness (QED) is 0.618. The molecule has 6 heteroatoms. The van der Waals surface area contributed by atoms with Crippen molar-refractivity contribution >= 4 is 17.2 Å². The van der Waals surface area contributed by atoms with E-state index < -0.39 is 0 Å². The van der Waals surface area contributed by atoms with Crippen molar-refractivity contribution in [2.75, 3.05) is 0 Å². The largest absolute Gasteiger partial charge is 0.331 e. The molecule has 2 aliphatic carbocycles. The summed E-state index contributed by atoms with van der Waals surface area (Å²) in [5.41, 5.74) is 2.55. The Morgan fingerprint density at radius 3 is 2.54 bits per heavy atom. The van der Waals surface area contributed by atoms with E-state index in [0.29, 0.717) is 17.8 Å². The monoisotopic (exact) mass is 392 g/mol. The summed E-state index contributed by atoms with van der Waals surface area (Å²) in [4.78, 5) is 20.1. The van der Waals surface area contributed by atoms with E-state index in [2.05, 4.69) is 15.0 Å². The van der Waals surface area contributed by atoms with E-state index in [1.807, 2.05) is 52.8 Å². The molecule has 2 fully saturated rings. The number of hydrogen-bond donors (Lipinski definition) is 0. The van der Waals surface area contributed by atoms with Gasteiger partial charge in [0.1, 0.15) is 10.7 Å². The number of carbonyl (C=O) groups is 1. The number of carbonyl (C=O) groups excluding carboxylic acids is 1. The Morgan fingerprint density at radius 1 is 1.04 bits per heavy atom. The third-order valence-electron chi connectivity index (χ3n) is 5.72. The standard InChI is InChI=1S/C22H24N4OS/c27-22(26(19-11-12-19)18-9-5-2-6-10-18)20-15-28-21(24-20)16-13-23-25(14-16)17-7-3-1-4-8-17/h1,3-4,7-8,13-15,18-19H,2,5-6,9-12H2. The lowest BCUT2D eigenvalue weighted by molar-refractivity contribution is 0.0609. The Morgan fingerprint density at radius 2 is 1.79 bits per heavy atom. The summed E-state index contributed by atoms with van der Waals surface area (Å²) in [5.74, 6) is 0.118. The normalized spacial score (nSPS) is 17.6. The van der Waals surface area contributed by atoms with Gasteiger partial charge in [0.05, 0.1) is 11.9 Å². The molecule has 1 amide bonds. The molecule has 0 bridgehead atoms. The summed E-state index contributed by atoms with van der Waals surface area (Å²) in [6, 6.07) is 10.9. The van der Waals surface area contributed by atoms with Crippen molar-refractivity contribution in [2.45, 2.75) is 57.0 Å². The molecule has 2 aliphatic rings. The van der Waals surface area contributed by atoms with E-state index in [4.69, 9.17) is 0 Å². The van der Waals surface area contributed by atoms with Crippen molar-refractivity contribution < 1.29 is 4.79 Å². The second-order valence-electron chi connectivity index (χ2n) is 7.78. The van der Waals surface area contributed by atoms with Crippen LogP contribution < -0.4 is 0 Å². The van der Waals surface area contributed by atoms with Crippen molar-refractivity contribution in [1.29, 1.82) is 0 Å². The van der Waals surface area contributed by atoms with Gasteiger partial charge in [0.2, 0.25) is 0 Å². The lowest BCUT2D eigenvalue weighted by atomic mass is 9.94. The highest BCUT2D eigenvalue weighted by atomic mass is 32.1. The number of amides is 1. The minimum Gasteiger partial charge on any atom is -0.331 e. The lowest BCUT2D eigenvalue weighted by Gasteiger charge is -2.34. The molecule has 5 rings (SSSR count). The van der Waals surface area contributed by atoms with Crippen LogP contribution in [0.25, 0.3) is 16.3 Å². The van der Waals surface area contributed by atoms with Gasteiger partial charge in [0.25, 0.3) is 5.91 Å². The predicted octanol–water partition coefficient (Wildman–Crippen LogP) is 4.93. The zero-order chi connectivity index (χ0) is 18.9. The van der Waals surface area contributed by atoms with Gasteiger partial charge in [-0.15, -0.1) is 11.3 Å². The summed E-state index contributed by atoms with van der Waals surface area (Å²) >= 11 is 1.52. The molecule has 2 heterocycles. The average molecular weight is 393 g/mol. The molecule has 144 valence electrons. The second-order valence-corrected chi connectivity index (χ2v) is 8.64. The number of benzene rings is 1. The van der Waals surface area contributed by atoms with E-state index in [-0.39, 0.29) is 5.91 Å². The molecular weight excluding hydrogens is 368 g/mol. The number of hydrogen-bond acceptors (Lipinski definition) is 4. The van der Waals surface area contributed by atoms with Crippen LogP contribution in [0.2, 0.25) is 0 Å². The summed E-state index contributed by atoms with van der Waals surface area (Å²) in [6.45, 7) is 0. The van der Waals surface area contributed by atoms with Gasteiger partial charge in [-0.25, -0.2) is 9.67 Å². The maximum absolute atomic E-state index is 13.2. The van der Waals surface area contributed by atoms with Gasteiger partial charge in [0, 0.05) is 29.2 Å². The fourth-order valence-corrected chi connectivity index (χ4v) is 4.90. The van der Waals surface area contributed by atoms with Crippen LogP contribution in [-0.4, -0.2) is 37.7 Å². The van der Waals surface area contributed by atoms with Crippen molar-refractivity contribution in [3.05, 3.63) is 53.8 Å². The van der Waals surface area contributed by atoms with Gasteiger partial charge < -0.3 is 4.90 Å². The van der Waals surface area contributed by atoms with Crippen LogP contribution in [0.3, 0.4) is 0 Å². The van der Waals surface area contributed by atoms with Crippen LogP contribution in [0.1, 0.15) is 55.4 Å². The average Bonchev–Trinajstić information content (AvgIpc) is 3.25. The predicted molar refractivity (Wildman–Crippen MR) is 111 cm³/mol. The molecule has 0 unspecified atom stereocenters. The lowest BCUT2D eigenvalue weighted by Crippen LogP contribution is -2.43. The minimum atomic E-state index is 0.118. The third-order valence-corrected chi connectivity index (χ3v) is 6.61. The summed E-state index contributed by atoms with van der Waals surface area (Å²) in [7, 11) is 0. The smallest absolute Gasteiger partial charge is 0.273 e. The number of nitrogens with zero attached hydrogens (tertiary/aromatic N) is 4. The van der Waals surface area contributed by atoms with Gasteiger partial charge in [-0.05, 0) is 37.8 Å². The van der Waals surface area contributed by atoms with Crippen LogP contribution in [0, 0.1) is 0 Å². The molecular formula is C22H24N4OS. The van der Waals surface area contributed by atoms with Crippen LogP contribution >= 0.6 is 11.3 Å². The summed E-state index contributed by atoms with van der Waals surface area (Å²) < 4.78 is 1.84. The highest BCUT2D eigenvalue weighted by molar-refractivity contribution is 7.13. The fourth-order valence-electron chi connectivity index (χ4n) is 4.13. The third kappa shape index (κ3) is 3.49. The highest BCUT2D eigenvalue weighted by Crippen LogP contribution is 2.35. The Kier molecular flexibility index (Phi) is 4.72. The minimum absolute atomic E-state index is 0.118. The molecule has 3 aromatic rings. The first kappa shape index (κ1) is 17.6. The molecule has 2 aromatic heterocycles. The first-order valence-electron chi connectivity index (χ1n) is 10.2. The molecule has 0 spiro atoms. The maximum Gasteiger partial charge on any atom is 0.273 e. The molecule has 0 atom stereocenters. The maximum atomic E-state index is 13.2. The Labute approximate surface area is 169 Å². The fraction of sp³-hybridized carbons (Fsp3) is 0.409. The SMILES string of the molecule is O=C(c1csc(-c2cnn(-c3ccccc3)c2)n1)N(C1CCCCC1)C1CC1. The van der Waals surface area contributed by atoms with Gasteiger partial charge in [-0.2, -0.15) is 5.10 Å². The van der Waals surface area contributed by atoms with Gasteiger partial charge in [-0.1, -0.05) is 37.5 Å². The van der Waals surface area contributed by atoms with E-state index in [1.165, 1.54) is 30.6 Å². The molecule has 0 radical (unpaired) electrons. The van der Waals surface area contributed by atoms with Crippen molar-refractivity contribution in [3.63, 3.8) is 0 Å². The zero-order valence-electron chi connectivity index (χ0n) is 15.8. The van der Waals surface area contributed by atoms with Crippen molar-refractivity contribution in [2.24, 2.45) is 0 Å². The highest BCUT2D eigenvalue weighted by Gasteiger charge is 2.38. The Balaban J connectivity index is 1.37. The van der Waals surface area contributed by atoms with Gasteiger partial charge in [-0.3, -0.25) is 4.79 Å². The van der Waals surface area contributed by atoms with E-state index >= 15 is 0 Å². The number of para-hydroxylation sites is 1. The molecule has 28 heavy (non-hydrogen) atoms. The van der Waals surface area contributed by atoms with E-state index in [1.54, 1.807) is 0 Å². The topological polar surface area (TPSA) is 51.0 Å². The van der Waals surface area contributed by atoms with Crippen LogP contribution in [0.4, 0.5) is 0 Å². The summed E-state index contributed by atoms with van der Waals surface area (Å²) in [5, 5.41) is 7.22. The van der Waals surface area contributed by atoms with Gasteiger partial charge >= 0.3 is 0 Å². The first-order chi connectivity index (χ1) is 13.8. The van der Waals surface area contributed by atoms with E-state index in [9.17, 15) is 4.79 Å². The number of rotatable bonds is 5. The Bertz CT molecular complexity index is 954. The van der Waals surface area contributed by atoms with Crippen molar-refractivity contribution in [1.82, 2.24) is 19.7 Å². The summed E-state index contributed by atoms with van der Waals surface area (Å²) in [6.07, 6.45) is 12.1. The number of thiazole rings is 1.